The summed E-state index contributed by atoms with van der Waals surface area (Å²) < 4.78 is 9.17. The molecule has 0 aliphatic heterocycles. The molecule has 0 aromatic rings. The molecule has 0 saturated carbocycles. The molecule has 0 radical (unpaired) electrons. The van der Waals surface area contributed by atoms with Crippen LogP contribution < -0.4 is 0 Å². The molecule has 0 bridgehead atoms. The van der Waals surface area contributed by atoms with E-state index < -0.39 is 11.9 Å². The highest BCUT2D eigenvalue weighted by atomic mass is 32.1. The van der Waals surface area contributed by atoms with Crippen LogP contribution in [0.25, 0.3) is 0 Å². The molecule has 14 heavy (non-hydrogen) atoms. The van der Waals surface area contributed by atoms with Crippen molar-refractivity contribution in [1.82, 2.24) is 0 Å². The van der Waals surface area contributed by atoms with Gasteiger partial charge < -0.3 is 9.47 Å². The van der Waals surface area contributed by atoms with Gasteiger partial charge in [0.15, 0.2) is 0 Å². The highest BCUT2D eigenvalue weighted by Gasteiger charge is 2.06. The third-order valence-electron chi connectivity index (χ3n) is 1.02. The lowest BCUT2D eigenvalue weighted by atomic mass is 10.6. The molecule has 0 atom stereocenters. The van der Waals surface area contributed by atoms with E-state index in [0.29, 0.717) is 0 Å². The first kappa shape index (κ1) is 13.1. The van der Waals surface area contributed by atoms with E-state index in [1.807, 2.05) is 0 Å². The summed E-state index contributed by atoms with van der Waals surface area (Å²) >= 11 is 7.33. The minimum Gasteiger partial charge on any atom is -0.458 e. The monoisotopic (exact) mass is 234 g/mol. The van der Waals surface area contributed by atoms with E-state index in [1.54, 1.807) is 0 Å². The van der Waals surface area contributed by atoms with Crippen molar-refractivity contribution in [3.63, 3.8) is 0 Å². The van der Waals surface area contributed by atoms with Crippen LogP contribution in [0.4, 0.5) is 0 Å². The zero-order valence-corrected chi connectivity index (χ0v) is 9.14. The predicted octanol–water partition coefficient (Wildman–Crippen LogP) is 0.960. The zero-order chi connectivity index (χ0) is 11.1. The molecular formula is C8H10O4S2. The standard InChI is InChI=1S/C8H10O4S2/c1-5(13)7(9)11-3-4-12-8(10)6(2)14/h13-14H,1-4H2. The molecule has 0 rings (SSSR count). The van der Waals surface area contributed by atoms with Gasteiger partial charge in [0.1, 0.15) is 13.2 Å². The van der Waals surface area contributed by atoms with Gasteiger partial charge in [-0.2, -0.15) is 0 Å². The minimum absolute atomic E-state index is 0.00469. The topological polar surface area (TPSA) is 52.6 Å². The Morgan fingerprint density at radius 1 is 0.929 bits per heavy atom. The van der Waals surface area contributed by atoms with Crippen LogP contribution >= 0.6 is 25.3 Å². The molecule has 0 aromatic carbocycles. The average molecular weight is 234 g/mol. The fourth-order valence-electron chi connectivity index (χ4n) is 0.435. The Morgan fingerprint density at radius 3 is 1.43 bits per heavy atom. The van der Waals surface area contributed by atoms with Crippen molar-refractivity contribution in [2.45, 2.75) is 0 Å². The van der Waals surface area contributed by atoms with Gasteiger partial charge >= 0.3 is 11.9 Å². The van der Waals surface area contributed by atoms with Crippen LogP contribution in [0.2, 0.25) is 0 Å². The van der Waals surface area contributed by atoms with Crippen molar-refractivity contribution >= 4 is 37.2 Å². The molecule has 0 heterocycles. The van der Waals surface area contributed by atoms with Crippen LogP contribution in [0.15, 0.2) is 23.0 Å². The Kier molecular flexibility index (Phi) is 6.14. The van der Waals surface area contributed by atoms with E-state index in [1.165, 1.54) is 0 Å². The van der Waals surface area contributed by atoms with Gasteiger partial charge in [-0.15, -0.1) is 25.3 Å². The van der Waals surface area contributed by atoms with Crippen molar-refractivity contribution in [2.24, 2.45) is 0 Å². The van der Waals surface area contributed by atoms with Gasteiger partial charge in [-0.3, -0.25) is 0 Å². The van der Waals surface area contributed by atoms with E-state index in [4.69, 9.17) is 0 Å². The summed E-state index contributed by atoms with van der Waals surface area (Å²) in [4.78, 5) is 21.5. The van der Waals surface area contributed by atoms with E-state index in [-0.39, 0.29) is 23.0 Å². The number of ether oxygens (including phenoxy) is 2. The smallest absolute Gasteiger partial charge is 0.343 e. The number of carbonyl (C=O) groups is 2. The molecule has 78 valence electrons. The number of thiol groups is 2. The van der Waals surface area contributed by atoms with E-state index in [2.05, 4.69) is 47.9 Å². The van der Waals surface area contributed by atoms with Gasteiger partial charge in [0, 0.05) is 0 Å². The van der Waals surface area contributed by atoms with Crippen LogP contribution in [-0.2, 0) is 19.1 Å². The van der Waals surface area contributed by atoms with E-state index in [9.17, 15) is 9.59 Å². The normalized spacial score (nSPS) is 9.00. The third kappa shape index (κ3) is 5.71. The first-order valence-corrected chi connectivity index (χ1v) is 4.44. The predicted molar refractivity (Wildman–Crippen MR) is 58.2 cm³/mol. The Hall–Kier alpha value is -0.880. The van der Waals surface area contributed by atoms with Crippen LogP contribution in [0, 0.1) is 0 Å². The molecule has 0 unspecified atom stereocenters. The molecule has 0 fully saturated rings. The average Bonchev–Trinajstić information content (AvgIpc) is 2.11. The van der Waals surface area contributed by atoms with Crippen molar-refractivity contribution in [3.8, 4) is 0 Å². The Labute approximate surface area is 92.8 Å². The summed E-state index contributed by atoms with van der Waals surface area (Å²) in [5.41, 5.74) is 0. The quantitative estimate of drug-likeness (QED) is 0.322. The maximum Gasteiger partial charge on any atom is 0.343 e. The summed E-state index contributed by atoms with van der Waals surface area (Å²) in [6.45, 7) is 6.40. The number of hydrogen-bond acceptors (Lipinski definition) is 6. The fourth-order valence-corrected chi connectivity index (χ4v) is 0.564. The van der Waals surface area contributed by atoms with Crippen LogP contribution in [0.1, 0.15) is 0 Å². The summed E-state index contributed by atoms with van der Waals surface area (Å²) in [5.74, 6) is -1.29. The molecule has 0 amide bonds. The molecule has 6 heteroatoms. The molecule has 0 aliphatic rings. The second kappa shape index (κ2) is 6.56. The molecule has 0 aromatic heterocycles. The van der Waals surface area contributed by atoms with Gasteiger partial charge in [-0.1, -0.05) is 13.2 Å². The van der Waals surface area contributed by atoms with Crippen molar-refractivity contribution in [1.29, 1.82) is 0 Å². The zero-order valence-electron chi connectivity index (χ0n) is 7.36. The lowest BCUT2D eigenvalue weighted by Gasteiger charge is -2.04. The molecule has 4 nitrogen and oxygen atoms in total. The second-order valence-electron chi connectivity index (χ2n) is 2.17. The van der Waals surface area contributed by atoms with E-state index in [0.717, 1.165) is 0 Å². The summed E-state index contributed by atoms with van der Waals surface area (Å²) in [5, 5.41) is 0. The van der Waals surface area contributed by atoms with Gasteiger partial charge in [-0.05, 0) is 0 Å². The summed E-state index contributed by atoms with van der Waals surface area (Å²) in [7, 11) is 0. The largest absolute Gasteiger partial charge is 0.458 e. The molecule has 0 spiro atoms. The minimum atomic E-state index is -0.644. The Morgan fingerprint density at radius 2 is 1.21 bits per heavy atom. The van der Waals surface area contributed by atoms with E-state index >= 15 is 0 Å². The Bertz CT molecular complexity index is 245. The summed E-state index contributed by atoms with van der Waals surface area (Å²) in [6, 6.07) is 0. The number of esters is 2. The third-order valence-corrected chi connectivity index (χ3v) is 1.39. The maximum absolute atomic E-state index is 10.8. The maximum atomic E-state index is 10.8. The first-order valence-electron chi connectivity index (χ1n) is 3.55. The molecule has 0 N–H and O–H groups in total. The van der Waals surface area contributed by atoms with Gasteiger partial charge in [0.2, 0.25) is 0 Å². The van der Waals surface area contributed by atoms with Gasteiger partial charge in [-0.25, -0.2) is 9.59 Å². The molecule has 0 saturated heterocycles. The highest BCUT2D eigenvalue weighted by Crippen LogP contribution is 2.00. The molecular weight excluding hydrogens is 224 g/mol. The SMILES string of the molecule is C=C(S)C(=O)OCCOC(=O)C(=C)S. The van der Waals surface area contributed by atoms with Crippen LogP contribution in [-0.4, -0.2) is 25.2 Å². The first-order chi connectivity index (χ1) is 6.45. The van der Waals surface area contributed by atoms with Crippen molar-refractivity contribution in [3.05, 3.63) is 23.0 Å². The number of hydrogen-bond donors (Lipinski definition) is 2. The van der Waals surface area contributed by atoms with Gasteiger partial charge in [0.25, 0.3) is 0 Å². The number of carbonyl (C=O) groups excluding carboxylic acids is 2. The second-order valence-corrected chi connectivity index (χ2v) is 3.24. The van der Waals surface area contributed by atoms with Crippen molar-refractivity contribution < 1.29 is 19.1 Å². The van der Waals surface area contributed by atoms with Gasteiger partial charge in [0.05, 0.1) is 9.81 Å². The van der Waals surface area contributed by atoms with Crippen LogP contribution in [0.3, 0.4) is 0 Å². The lowest BCUT2D eigenvalue weighted by molar-refractivity contribution is -0.146. The summed E-state index contributed by atoms with van der Waals surface area (Å²) in [6.07, 6.45) is 0. The highest BCUT2D eigenvalue weighted by molar-refractivity contribution is 7.85. The van der Waals surface area contributed by atoms with Crippen molar-refractivity contribution in [2.75, 3.05) is 13.2 Å². The number of rotatable bonds is 5. The van der Waals surface area contributed by atoms with Crippen LogP contribution in [0.5, 0.6) is 0 Å². The molecule has 0 aliphatic carbocycles. The lowest BCUT2D eigenvalue weighted by Crippen LogP contribution is -2.13. The Balaban J connectivity index is 3.57. The fraction of sp³-hybridized carbons (Fsp3) is 0.250.